The third kappa shape index (κ3) is 4.78. The zero-order chi connectivity index (χ0) is 19.8. The van der Waals surface area contributed by atoms with Crippen LogP contribution in [0.5, 0.6) is 0 Å². The van der Waals surface area contributed by atoms with E-state index >= 15 is 0 Å². The Morgan fingerprint density at radius 1 is 1.18 bits per heavy atom. The van der Waals surface area contributed by atoms with Crippen molar-refractivity contribution in [1.29, 1.82) is 0 Å². The number of anilines is 1. The van der Waals surface area contributed by atoms with Gasteiger partial charge in [-0.15, -0.1) is 0 Å². The Labute approximate surface area is 165 Å². The number of ether oxygens (including phenoxy) is 1. The molecule has 1 atom stereocenters. The van der Waals surface area contributed by atoms with Crippen LogP contribution in [0.2, 0.25) is 0 Å². The molecule has 6 nitrogen and oxygen atoms in total. The van der Waals surface area contributed by atoms with Gasteiger partial charge >= 0.3 is 0 Å². The van der Waals surface area contributed by atoms with Crippen molar-refractivity contribution < 1.29 is 14.4 Å². The van der Waals surface area contributed by atoms with Crippen molar-refractivity contribution in [3.63, 3.8) is 0 Å². The van der Waals surface area contributed by atoms with Gasteiger partial charge in [0.2, 0.25) is 0 Å². The van der Waals surface area contributed by atoms with E-state index < -0.39 is 0 Å². The maximum atomic E-state index is 9.74. The van der Waals surface area contributed by atoms with Crippen molar-refractivity contribution in [2.75, 3.05) is 32.2 Å². The average molecular weight is 379 g/mol. The van der Waals surface area contributed by atoms with Gasteiger partial charge in [0.05, 0.1) is 24.8 Å². The van der Waals surface area contributed by atoms with Gasteiger partial charge in [-0.05, 0) is 47.9 Å². The summed E-state index contributed by atoms with van der Waals surface area (Å²) in [6.45, 7) is 1.51. The first-order valence-corrected chi connectivity index (χ1v) is 9.16. The van der Waals surface area contributed by atoms with Gasteiger partial charge in [-0.25, -0.2) is 0 Å². The van der Waals surface area contributed by atoms with Crippen LogP contribution in [0.15, 0.2) is 77.0 Å². The highest BCUT2D eigenvalue weighted by atomic mass is 16.5. The van der Waals surface area contributed by atoms with Crippen LogP contribution in [0.4, 0.5) is 5.69 Å². The molecule has 0 saturated carbocycles. The molecule has 28 heavy (non-hydrogen) atoms. The summed E-state index contributed by atoms with van der Waals surface area (Å²) in [4.78, 5) is 6.20. The largest absolute Gasteiger partial charge is 0.472 e. The predicted molar refractivity (Wildman–Crippen MR) is 109 cm³/mol. The van der Waals surface area contributed by atoms with Crippen LogP contribution in [-0.4, -0.2) is 43.2 Å². The van der Waals surface area contributed by atoms with Crippen LogP contribution >= 0.6 is 0 Å². The van der Waals surface area contributed by atoms with Crippen molar-refractivity contribution in [2.24, 2.45) is 5.16 Å². The lowest BCUT2D eigenvalue weighted by Crippen LogP contribution is -2.22. The summed E-state index contributed by atoms with van der Waals surface area (Å²) >= 11 is 0. The van der Waals surface area contributed by atoms with E-state index in [9.17, 15) is 5.21 Å². The Kier molecular flexibility index (Phi) is 6.81. The minimum atomic E-state index is -0.136. The maximum absolute atomic E-state index is 9.74. The molecule has 2 heterocycles. The first-order valence-electron chi connectivity index (χ1n) is 9.16. The van der Waals surface area contributed by atoms with Crippen molar-refractivity contribution in [3.05, 3.63) is 84.1 Å². The van der Waals surface area contributed by atoms with E-state index in [1.807, 2.05) is 25.2 Å². The van der Waals surface area contributed by atoms with Crippen LogP contribution in [0, 0.1) is 0 Å². The highest BCUT2D eigenvalue weighted by molar-refractivity contribution is 6.04. The van der Waals surface area contributed by atoms with Crippen LogP contribution in [0.1, 0.15) is 22.6 Å². The highest BCUT2D eigenvalue weighted by Crippen LogP contribution is 2.27. The molecule has 2 aromatic heterocycles. The quantitative estimate of drug-likeness (QED) is 0.346. The molecule has 1 aromatic carbocycles. The summed E-state index contributed by atoms with van der Waals surface area (Å²) in [7, 11) is 3.75. The second-order valence-electron chi connectivity index (χ2n) is 6.62. The van der Waals surface area contributed by atoms with Gasteiger partial charge in [0.15, 0.2) is 0 Å². The zero-order valence-corrected chi connectivity index (χ0v) is 16.2. The number of hydrogen-bond acceptors (Lipinski definition) is 6. The van der Waals surface area contributed by atoms with Crippen LogP contribution < -0.4 is 4.90 Å². The molecule has 0 radical (unpaired) electrons. The minimum Gasteiger partial charge on any atom is -0.472 e. The van der Waals surface area contributed by atoms with Gasteiger partial charge in [0.25, 0.3) is 0 Å². The fourth-order valence-electron chi connectivity index (χ4n) is 3.18. The molecular formula is C22H25N3O3. The van der Waals surface area contributed by atoms with E-state index in [0.29, 0.717) is 18.7 Å². The predicted octanol–water partition coefficient (Wildman–Crippen LogP) is 3.96. The number of oxime groups is 1. The number of rotatable bonds is 9. The molecule has 0 saturated heterocycles. The Bertz CT molecular complexity index is 862. The normalized spacial score (nSPS) is 12.7. The van der Waals surface area contributed by atoms with E-state index in [2.05, 4.69) is 39.3 Å². The van der Waals surface area contributed by atoms with E-state index in [1.165, 1.54) is 0 Å². The molecule has 3 rings (SSSR count). The lowest BCUT2D eigenvalue weighted by molar-refractivity contribution is 0.206. The van der Waals surface area contributed by atoms with Crippen LogP contribution in [-0.2, 0) is 11.2 Å². The van der Waals surface area contributed by atoms with Gasteiger partial charge < -0.3 is 19.3 Å². The molecule has 0 bridgehead atoms. The van der Waals surface area contributed by atoms with Gasteiger partial charge in [0.1, 0.15) is 0 Å². The Hall–Kier alpha value is -3.12. The average Bonchev–Trinajstić information content (AvgIpc) is 3.28. The molecule has 146 valence electrons. The van der Waals surface area contributed by atoms with Gasteiger partial charge in [-0.1, -0.05) is 17.3 Å². The molecule has 0 amide bonds. The van der Waals surface area contributed by atoms with E-state index in [4.69, 9.17) is 9.15 Å². The van der Waals surface area contributed by atoms with Gasteiger partial charge in [0, 0.05) is 50.3 Å². The fourth-order valence-corrected chi connectivity index (χ4v) is 3.18. The van der Waals surface area contributed by atoms with Gasteiger partial charge in [-0.3, -0.25) is 4.98 Å². The summed E-state index contributed by atoms with van der Waals surface area (Å²) in [5.74, 6) is -0.136. The maximum Gasteiger partial charge on any atom is 0.0948 e. The second kappa shape index (κ2) is 9.71. The van der Waals surface area contributed by atoms with Crippen molar-refractivity contribution in [1.82, 2.24) is 4.98 Å². The summed E-state index contributed by atoms with van der Waals surface area (Å²) < 4.78 is 10.4. The Morgan fingerprint density at radius 3 is 2.54 bits per heavy atom. The number of pyridine rings is 1. The number of likely N-dealkylation sites (N-methyl/N-ethyl adjacent to an activating group) is 1. The summed E-state index contributed by atoms with van der Waals surface area (Å²) in [5, 5.41) is 13.4. The highest BCUT2D eigenvalue weighted by Gasteiger charge is 2.22. The molecule has 1 N–H and O–H groups in total. The first-order chi connectivity index (χ1) is 13.7. The third-order valence-electron chi connectivity index (χ3n) is 4.81. The van der Waals surface area contributed by atoms with Crippen molar-refractivity contribution in [3.8, 4) is 0 Å². The molecule has 0 aliphatic carbocycles. The third-order valence-corrected chi connectivity index (χ3v) is 4.81. The molecule has 0 aliphatic rings. The lowest BCUT2D eigenvalue weighted by Gasteiger charge is -2.20. The van der Waals surface area contributed by atoms with Crippen LogP contribution in [0.3, 0.4) is 0 Å². The molecule has 0 spiro atoms. The van der Waals surface area contributed by atoms with E-state index in [1.54, 1.807) is 32.0 Å². The fraction of sp³-hybridized carbons (Fsp3) is 0.273. The standard InChI is InChI=1S/C22H25N3O3/c1-25(12-14-27-2)20-5-3-17(4-6-20)15-21(19-9-13-28-16-19)22(24-26)18-7-10-23-11-8-18/h3-11,13,16,21,26H,12,14-15H2,1-2H3. The molecule has 0 aliphatic heterocycles. The number of methoxy groups -OCH3 is 1. The van der Waals surface area contributed by atoms with Crippen molar-refractivity contribution in [2.45, 2.75) is 12.3 Å². The molecule has 1 unspecified atom stereocenters. The Balaban J connectivity index is 1.83. The SMILES string of the molecule is COCCN(C)c1ccc(CC(C(=NO)c2ccncc2)c2ccoc2)cc1. The number of furan rings is 1. The molecule has 6 heteroatoms. The summed E-state index contributed by atoms with van der Waals surface area (Å²) in [6, 6.07) is 14.0. The van der Waals surface area contributed by atoms with E-state index in [0.717, 1.165) is 28.9 Å². The topological polar surface area (TPSA) is 71.1 Å². The number of nitrogens with zero attached hydrogens (tertiary/aromatic N) is 3. The smallest absolute Gasteiger partial charge is 0.0948 e. The number of hydrogen-bond donors (Lipinski definition) is 1. The lowest BCUT2D eigenvalue weighted by atomic mass is 9.86. The van der Waals surface area contributed by atoms with Crippen LogP contribution in [0.25, 0.3) is 0 Å². The monoisotopic (exact) mass is 379 g/mol. The molecule has 0 fully saturated rings. The number of aromatic nitrogens is 1. The van der Waals surface area contributed by atoms with Gasteiger partial charge in [-0.2, -0.15) is 0 Å². The van der Waals surface area contributed by atoms with Crippen molar-refractivity contribution >= 4 is 11.4 Å². The zero-order valence-electron chi connectivity index (χ0n) is 16.2. The molecular weight excluding hydrogens is 354 g/mol. The first kappa shape index (κ1) is 19.6. The summed E-state index contributed by atoms with van der Waals surface area (Å²) in [6.07, 6.45) is 7.40. The number of benzene rings is 1. The Morgan fingerprint density at radius 2 is 1.93 bits per heavy atom. The second-order valence-corrected chi connectivity index (χ2v) is 6.62. The van der Waals surface area contributed by atoms with E-state index in [-0.39, 0.29) is 5.92 Å². The molecule has 3 aromatic rings. The summed E-state index contributed by atoms with van der Waals surface area (Å²) in [5.41, 5.74) is 4.66. The minimum absolute atomic E-state index is 0.136.